The summed E-state index contributed by atoms with van der Waals surface area (Å²) >= 11 is 1.65. The summed E-state index contributed by atoms with van der Waals surface area (Å²) in [5.41, 5.74) is 7.34. The SMILES string of the molecule is CSCC[C@H](N)C(=O)Nc1ccc2oc(=O)[nH]c2c1. The van der Waals surface area contributed by atoms with Crippen molar-refractivity contribution in [2.45, 2.75) is 12.5 Å². The van der Waals surface area contributed by atoms with Gasteiger partial charge in [0.05, 0.1) is 11.6 Å². The van der Waals surface area contributed by atoms with Crippen LogP contribution in [0.5, 0.6) is 0 Å². The molecule has 1 amide bonds. The molecule has 0 aliphatic carbocycles. The first-order valence-corrected chi connectivity index (χ1v) is 7.18. The van der Waals surface area contributed by atoms with Crippen molar-refractivity contribution in [1.82, 2.24) is 4.98 Å². The molecule has 0 aliphatic rings. The van der Waals surface area contributed by atoms with Crippen LogP contribution in [0.2, 0.25) is 0 Å². The van der Waals surface area contributed by atoms with Crippen LogP contribution < -0.4 is 16.8 Å². The third kappa shape index (κ3) is 3.39. The number of aromatic nitrogens is 1. The van der Waals surface area contributed by atoms with Gasteiger partial charge in [-0.2, -0.15) is 11.8 Å². The van der Waals surface area contributed by atoms with Crippen LogP contribution in [0.3, 0.4) is 0 Å². The number of thioether (sulfide) groups is 1. The van der Waals surface area contributed by atoms with Crippen LogP contribution in [0, 0.1) is 0 Å². The van der Waals surface area contributed by atoms with Crippen molar-refractivity contribution in [3.8, 4) is 0 Å². The van der Waals surface area contributed by atoms with E-state index < -0.39 is 11.8 Å². The topological polar surface area (TPSA) is 101 Å². The summed E-state index contributed by atoms with van der Waals surface area (Å²) < 4.78 is 4.88. The van der Waals surface area contributed by atoms with Crippen molar-refractivity contribution in [3.05, 3.63) is 28.7 Å². The Labute approximate surface area is 113 Å². The summed E-state index contributed by atoms with van der Waals surface area (Å²) in [6.07, 6.45) is 2.59. The lowest BCUT2D eigenvalue weighted by atomic mass is 10.2. The van der Waals surface area contributed by atoms with E-state index in [0.717, 1.165) is 5.75 Å². The first-order chi connectivity index (χ1) is 9.10. The molecule has 19 heavy (non-hydrogen) atoms. The second kappa shape index (κ2) is 5.94. The standard InChI is InChI=1S/C12H15N3O3S/c1-19-5-4-8(13)11(16)14-7-2-3-10-9(6-7)15-12(17)18-10/h2-3,6,8H,4-5,13H2,1H3,(H,14,16)(H,15,17)/t8-/m0/s1. The third-order valence-electron chi connectivity index (χ3n) is 2.66. The number of hydrogen-bond donors (Lipinski definition) is 3. The van der Waals surface area contributed by atoms with Gasteiger partial charge < -0.3 is 15.5 Å². The number of hydrogen-bond acceptors (Lipinski definition) is 5. The molecule has 0 radical (unpaired) electrons. The zero-order valence-corrected chi connectivity index (χ0v) is 11.3. The predicted molar refractivity (Wildman–Crippen MR) is 76.4 cm³/mol. The predicted octanol–water partition coefficient (Wildman–Crippen LogP) is 1.14. The van der Waals surface area contributed by atoms with Crippen LogP contribution >= 0.6 is 11.8 Å². The van der Waals surface area contributed by atoms with Gasteiger partial charge in [0.2, 0.25) is 5.91 Å². The van der Waals surface area contributed by atoms with Gasteiger partial charge in [0.25, 0.3) is 0 Å². The maximum absolute atomic E-state index is 11.8. The first-order valence-electron chi connectivity index (χ1n) is 5.78. The molecule has 1 aromatic heterocycles. The number of nitrogens with two attached hydrogens (primary N) is 1. The van der Waals surface area contributed by atoms with Crippen molar-refractivity contribution in [3.63, 3.8) is 0 Å². The fourth-order valence-corrected chi connectivity index (χ4v) is 2.13. The highest BCUT2D eigenvalue weighted by Crippen LogP contribution is 2.16. The number of carbonyl (C=O) groups excluding carboxylic acids is 1. The van der Waals surface area contributed by atoms with Gasteiger partial charge in [-0.25, -0.2) is 4.79 Å². The van der Waals surface area contributed by atoms with Crippen molar-refractivity contribution in [1.29, 1.82) is 0 Å². The van der Waals surface area contributed by atoms with E-state index in [1.54, 1.807) is 30.0 Å². The maximum atomic E-state index is 11.8. The molecular weight excluding hydrogens is 266 g/mol. The highest BCUT2D eigenvalue weighted by atomic mass is 32.2. The number of nitrogens with one attached hydrogen (secondary N) is 2. The van der Waals surface area contributed by atoms with Crippen molar-refractivity contribution < 1.29 is 9.21 Å². The van der Waals surface area contributed by atoms with E-state index in [2.05, 4.69) is 10.3 Å². The molecule has 0 fully saturated rings. The van der Waals surface area contributed by atoms with Crippen LogP contribution in [-0.2, 0) is 4.79 Å². The minimum absolute atomic E-state index is 0.237. The summed E-state index contributed by atoms with van der Waals surface area (Å²) in [4.78, 5) is 25.4. The second-order valence-corrected chi connectivity index (χ2v) is 5.09. The highest BCUT2D eigenvalue weighted by molar-refractivity contribution is 7.98. The lowest BCUT2D eigenvalue weighted by Crippen LogP contribution is -2.36. The molecule has 0 unspecified atom stereocenters. The Morgan fingerprint density at radius 1 is 1.58 bits per heavy atom. The molecule has 0 saturated heterocycles. The number of amides is 1. The minimum Gasteiger partial charge on any atom is -0.408 e. The summed E-state index contributed by atoms with van der Waals surface area (Å²) in [5, 5.41) is 2.72. The second-order valence-electron chi connectivity index (χ2n) is 4.10. The van der Waals surface area contributed by atoms with Gasteiger partial charge >= 0.3 is 5.76 Å². The number of fused-ring (bicyclic) bond motifs is 1. The van der Waals surface area contributed by atoms with Crippen LogP contribution in [0.25, 0.3) is 11.1 Å². The molecule has 2 aromatic rings. The Kier molecular flexibility index (Phi) is 4.28. The fraction of sp³-hybridized carbons (Fsp3) is 0.333. The molecule has 0 saturated carbocycles. The average molecular weight is 281 g/mol. The minimum atomic E-state index is -0.536. The molecule has 1 aromatic carbocycles. The molecule has 1 heterocycles. The van der Waals surface area contributed by atoms with E-state index in [4.69, 9.17) is 10.2 Å². The Bertz CT molecular complexity index is 634. The molecule has 4 N–H and O–H groups in total. The first kappa shape index (κ1) is 13.7. The molecule has 6 nitrogen and oxygen atoms in total. The number of anilines is 1. The molecular formula is C12H15N3O3S. The Hall–Kier alpha value is -1.73. The van der Waals surface area contributed by atoms with E-state index in [-0.39, 0.29) is 5.91 Å². The van der Waals surface area contributed by atoms with Gasteiger partial charge in [-0.05, 0) is 36.6 Å². The van der Waals surface area contributed by atoms with E-state index >= 15 is 0 Å². The quantitative estimate of drug-likeness (QED) is 0.763. The molecule has 1 atom stereocenters. The lowest BCUT2D eigenvalue weighted by molar-refractivity contribution is -0.117. The molecule has 0 spiro atoms. The van der Waals surface area contributed by atoms with Crippen molar-refractivity contribution >= 4 is 34.5 Å². The van der Waals surface area contributed by atoms with Crippen molar-refractivity contribution in [2.75, 3.05) is 17.3 Å². The monoisotopic (exact) mass is 281 g/mol. The van der Waals surface area contributed by atoms with E-state index in [0.29, 0.717) is 23.2 Å². The lowest BCUT2D eigenvalue weighted by Gasteiger charge is -2.11. The molecule has 2 rings (SSSR count). The van der Waals surface area contributed by atoms with Gasteiger partial charge in [0.1, 0.15) is 0 Å². The van der Waals surface area contributed by atoms with E-state index in [1.165, 1.54) is 0 Å². The van der Waals surface area contributed by atoms with Gasteiger partial charge in [-0.3, -0.25) is 9.78 Å². The van der Waals surface area contributed by atoms with Gasteiger partial charge in [-0.15, -0.1) is 0 Å². The maximum Gasteiger partial charge on any atom is 0.417 e. The molecule has 0 bridgehead atoms. The Morgan fingerprint density at radius 2 is 2.37 bits per heavy atom. The average Bonchev–Trinajstić information content (AvgIpc) is 2.75. The number of benzene rings is 1. The molecule has 0 aliphatic heterocycles. The van der Waals surface area contributed by atoms with Gasteiger partial charge in [0.15, 0.2) is 5.58 Å². The number of rotatable bonds is 5. The summed E-state index contributed by atoms with van der Waals surface area (Å²) in [7, 11) is 0. The molecule has 7 heteroatoms. The van der Waals surface area contributed by atoms with Crippen LogP contribution in [0.4, 0.5) is 5.69 Å². The van der Waals surface area contributed by atoms with Crippen LogP contribution in [-0.4, -0.2) is 28.9 Å². The largest absolute Gasteiger partial charge is 0.417 e. The Morgan fingerprint density at radius 3 is 3.11 bits per heavy atom. The summed E-state index contributed by atoms with van der Waals surface area (Å²) in [5.74, 6) is 0.0808. The van der Waals surface area contributed by atoms with Gasteiger partial charge in [0, 0.05) is 5.69 Å². The zero-order chi connectivity index (χ0) is 13.8. The molecule has 102 valence electrons. The normalized spacial score (nSPS) is 12.5. The van der Waals surface area contributed by atoms with Crippen LogP contribution in [0.15, 0.2) is 27.4 Å². The Balaban J connectivity index is 2.08. The zero-order valence-electron chi connectivity index (χ0n) is 10.4. The highest BCUT2D eigenvalue weighted by Gasteiger charge is 2.13. The summed E-state index contributed by atoms with van der Waals surface area (Å²) in [6, 6.07) is 4.39. The third-order valence-corrected chi connectivity index (χ3v) is 3.30. The van der Waals surface area contributed by atoms with Crippen LogP contribution in [0.1, 0.15) is 6.42 Å². The fourth-order valence-electron chi connectivity index (χ4n) is 1.64. The number of carbonyl (C=O) groups is 1. The van der Waals surface area contributed by atoms with Crippen molar-refractivity contribution in [2.24, 2.45) is 5.73 Å². The number of H-pyrrole nitrogens is 1. The van der Waals surface area contributed by atoms with E-state index in [9.17, 15) is 9.59 Å². The number of oxazole rings is 1. The number of aromatic amines is 1. The van der Waals surface area contributed by atoms with Gasteiger partial charge in [-0.1, -0.05) is 0 Å². The smallest absolute Gasteiger partial charge is 0.408 e. The summed E-state index contributed by atoms with van der Waals surface area (Å²) in [6.45, 7) is 0. The van der Waals surface area contributed by atoms with E-state index in [1.807, 2.05) is 6.26 Å².